The van der Waals surface area contributed by atoms with Crippen molar-refractivity contribution in [3.05, 3.63) is 12.7 Å². The molecule has 2 rings (SSSR count). The zero-order chi connectivity index (χ0) is 13.5. The molecule has 1 N–H and O–H groups in total. The molecule has 0 saturated carbocycles. The number of hydrogen-bond acceptors (Lipinski definition) is 7. The maximum absolute atomic E-state index is 5.21. The molecule has 8 nitrogen and oxygen atoms in total. The van der Waals surface area contributed by atoms with Gasteiger partial charge in [-0.1, -0.05) is 12.8 Å². The highest BCUT2D eigenvalue weighted by Gasteiger charge is 2.09. The van der Waals surface area contributed by atoms with Gasteiger partial charge in [0.15, 0.2) is 6.61 Å². The van der Waals surface area contributed by atoms with Gasteiger partial charge in [-0.05, 0) is 6.42 Å². The molecule has 0 aliphatic rings. The molecular formula is C11H13N7O. The zero-order valence-electron chi connectivity index (χ0n) is 10.4. The SMILES string of the molecule is C#CCOc1nc(NCCC)nc(-n2cncn2)n1. The molecule has 0 amide bonds. The van der Waals surface area contributed by atoms with Crippen LogP contribution in [0.4, 0.5) is 5.95 Å². The maximum Gasteiger partial charge on any atom is 0.324 e. The third kappa shape index (κ3) is 3.38. The largest absolute Gasteiger partial charge is 0.450 e. The minimum Gasteiger partial charge on any atom is -0.450 e. The van der Waals surface area contributed by atoms with E-state index in [2.05, 4.69) is 36.3 Å². The summed E-state index contributed by atoms with van der Waals surface area (Å²) in [5, 5.41) is 7.02. The van der Waals surface area contributed by atoms with Gasteiger partial charge in [0.25, 0.3) is 5.95 Å². The van der Waals surface area contributed by atoms with Gasteiger partial charge >= 0.3 is 6.01 Å². The van der Waals surface area contributed by atoms with E-state index in [1.807, 2.05) is 6.92 Å². The molecule has 0 atom stereocenters. The van der Waals surface area contributed by atoms with Gasteiger partial charge in [0.1, 0.15) is 12.7 Å². The molecule has 2 heterocycles. The highest BCUT2D eigenvalue weighted by molar-refractivity contribution is 5.29. The summed E-state index contributed by atoms with van der Waals surface area (Å²) < 4.78 is 6.63. The summed E-state index contributed by atoms with van der Waals surface area (Å²) in [5.74, 6) is 3.08. The van der Waals surface area contributed by atoms with E-state index in [0.717, 1.165) is 13.0 Å². The maximum atomic E-state index is 5.21. The summed E-state index contributed by atoms with van der Waals surface area (Å²) in [5.41, 5.74) is 0. The van der Waals surface area contributed by atoms with Crippen LogP contribution in [0.25, 0.3) is 5.95 Å². The normalized spacial score (nSPS) is 9.89. The summed E-state index contributed by atoms with van der Waals surface area (Å²) in [6.07, 6.45) is 8.97. The van der Waals surface area contributed by atoms with Gasteiger partial charge in [0.2, 0.25) is 5.95 Å². The van der Waals surface area contributed by atoms with Crippen LogP contribution in [0.3, 0.4) is 0 Å². The third-order valence-electron chi connectivity index (χ3n) is 2.04. The Morgan fingerprint density at radius 3 is 3.00 bits per heavy atom. The highest BCUT2D eigenvalue weighted by atomic mass is 16.5. The third-order valence-corrected chi connectivity index (χ3v) is 2.04. The average molecular weight is 259 g/mol. The molecule has 0 aliphatic heterocycles. The van der Waals surface area contributed by atoms with Gasteiger partial charge in [-0.2, -0.15) is 24.7 Å². The summed E-state index contributed by atoms with van der Waals surface area (Å²) in [7, 11) is 0. The second kappa shape index (κ2) is 6.30. The van der Waals surface area contributed by atoms with Gasteiger partial charge in [-0.25, -0.2) is 4.98 Å². The molecule has 0 unspecified atom stereocenters. The molecule has 0 spiro atoms. The van der Waals surface area contributed by atoms with Crippen LogP contribution in [-0.2, 0) is 0 Å². The van der Waals surface area contributed by atoms with E-state index >= 15 is 0 Å². The molecule has 2 aromatic heterocycles. The van der Waals surface area contributed by atoms with Crippen LogP contribution >= 0.6 is 0 Å². The number of rotatable bonds is 6. The van der Waals surface area contributed by atoms with E-state index in [4.69, 9.17) is 11.2 Å². The molecule has 19 heavy (non-hydrogen) atoms. The molecule has 0 aromatic carbocycles. The van der Waals surface area contributed by atoms with Crippen LogP contribution in [0.1, 0.15) is 13.3 Å². The van der Waals surface area contributed by atoms with Crippen LogP contribution in [0.2, 0.25) is 0 Å². The van der Waals surface area contributed by atoms with Gasteiger partial charge in [0, 0.05) is 6.54 Å². The fourth-order valence-corrected chi connectivity index (χ4v) is 1.25. The Balaban J connectivity index is 2.28. The number of hydrogen-bond donors (Lipinski definition) is 1. The van der Waals surface area contributed by atoms with Crippen molar-refractivity contribution in [2.75, 3.05) is 18.5 Å². The molecule has 0 fully saturated rings. The predicted octanol–water partition coefficient (Wildman–Crippen LogP) is 0.286. The number of aromatic nitrogens is 6. The second-order valence-electron chi connectivity index (χ2n) is 3.50. The van der Waals surface area contributed by atoms with Crippen LogP contribution in [-0.4, -0.2) is 42.9 Å². The van der Waals surface area contributed by atoms with E-state index in [1.54, 1.807) is 0 Å². The van der Waals surface area contributed by atoms with Crippen molar-refractivity contribution in [1.82, 2.24) is 29.7 Å². The first-order valence-corrected chi connectivity index (χ1v) is 5.74. The van der Waals surface area contributed by atoms with Crippen molar-refractivity contribution in [1.29, 1.82) is 0 Å². The van der Waals surface area contributed by atoms with Crippen LogP contribution in [0.15, 0.2) is 12.7 Å². The molecule has 0 saturated heterocycles. The Bertz CT molecular complexity index is 561. The summed E-state index contributed by atoms with van der Waals surface area (Å²) in [6, 6.07) is 0.150. The lowest BCUT2D eigenvalue weighted by Gasteiger charge is -2.07. The van der Waals surface area contributed by atoms with Crippen LogP contribution in [0.5, 0.6) is 6.01 Å². The van der Waals surface area contributed by atoms with E-state index in [9.17, 15) is 0 Å². The Hall–Kier alpha value is -2.69. The van der Waals surface area contributed by atoms with Gasteiger partial charge in [-0.3, -0.25) is 0 Å². The molecule has 98 valence electrons. The van der Waals surface area contributed by atoms with Crippen LogP contribution < -0.4 is 10.1 Å². The fourth-order valence-electron chi connectivity index (χ4n) is 1.25. The van der Waals surface area contributed by atoms with Gasteiger partial charge < -0.3 is 10.1 Å². The molecular weight excluding hydrogens is 246 g/mol. The fraction of sp³-hybridized carbons (Fsp3) is 0.364. The molecule has 2 aromatic rings. The summed E-state index contributed by atoms with van der Waals surface area (Å²) in [4.78, 5) is 16.3. The minimum absolute atomic E-state index is 0.0913. The Kier molecular flexibility index (Phi) is 4.23. The number of anilines is 1. The summed E-state index contributed by atoms with van der Waals surface area (Å²) >= 11 is 0. The first-order chi connectivity index (χ1) is 9.33. The second-order valence-corrected chi connectivity index (χ2v) is 3.50. The van der Waals surface area contributed by atoms with Crippen molar-refractivity contribution in [3.8, 4) is 24.3 Å². The van der Waals surface area contributed by atoms with Crippen molar-refractivity contribution < 1.29 is 4.74 Å². The monoisotopic (exact) mass is 259 g/mol. The van der Waals surface area contributed by atoms with Crippen LogP contribution in [0, 0.1) is 12.3 Å². The summed E-state index contributed by atoms with van der Waals surface area (Å²) in [6.45, 7) is 2.88. The molecule has 8 heteroatoms. The van der Waals surface area contributed by atoms with Gasteiger partial charge in [0.05, 0.1) is 0 Å². The van der Waals surface area contributed by atoms with E-state index < -0.39 is 0 Å². The molecule has 0 aliphatic carbocycles. The quantitative estimate of drug-likeness (QED) is 0.745. The number of nitrogens with one attached hydrogen (secondary N) is 1. The lowest BCUT2D eigenvalue weighted by Crippen LogP contribution is -2.12. The Labute approximate surface area is 110 Å². The first-order valence-electron chi connectivity index (χ1n) is 5.74. The molecule has 0 bridgehead atoms. The smallest absolute Gasteiger partial charge is 0.324 e. The highest BCUT2D eigenvalue weighted by Crippen LogP contribution is 2.10. The number of terminal acetylenes is 1. The first kappa shape index (κ1) is 12.8. The Morgan fingerprint density at radius 2 is 2.32 bits per heavy atom. The number of ether oxygens (including phenoxy) is 1. The lowest BCUT2D eigenvalue weighted by molar-refractivity contribution is 0.338. The lowest BCUT2D eigenvalue weighted by atomic mass is 10.5. The molecule has 0 radical (unpaired) electrons. The van der Waals surface area contributed by atoms with Crippen molar-refractivity contribution in [3.63, 3.8) is 0 Å². The van der Waals surface area contributed by atoms with Gasteiger partial charge in [-0.15, -0.1) is 6.42 Å². The number of nitrogens with zero attached hydrogens (tertiary/aromatic N) is 6. The van der Waals surface area contributed by atoms with E-state index in [-0.39, 0.29) is 12.6 Å². The predicted molar refractivity (Wildman–Crippen MR) is 67.9 cm³/mol. The zero-order valence-corrected chi connectivity index (χ0v) is 10.4. The Morgan fingerprint density at radius 1 is 1.42 bits per heavy atom. The topological polar surface area (TPSA) is 90.6 Å². The van der Waals surface area contributed by atoms with E-state index in [0.29, 0.717) is 11.9 Å². The van der Waals surface area contributed by atoms with E-state index in [1.165, 1.54) is 17.3 Å². The average Bonchev–Trinajstić information content (AvgIpc) is 2.97. The minimum atomic E-state index is 0.0913. The van der Waals surface area contributed by atoms with Crippen molar-refractivity contribution >= 4 is 5.95 Å². The van der Waals surface area contributed by atoms with Crippen molar-refractivity contribution in [2.45, 2.75) is 13.3 Å². The van der Waals surface area contributed by atoms with Crippen molar-refractivity contribution in [2.24, 2.45) is 0 Å². The standard InChI is InChI=1S/C11H13N7O/c1-3-5-13-9-15-10(18-8-12-7-14-18)17-11(16-9)19-6-4-2/h2,7-8H,3,5-6H2,1H3,(H,13,15,16,17).